The van der Waals surface area contributed by atoms with Crippen LogP contribution in [0.25, 0.3) is 24.3 Å². The average molecular weight is 1870 g/mol. The van der Waals surface area contributed by atoms with Crippen LogP contribution in [0.4, 0.5) is 0 Å². The molecule has 3 aromatic rings. The van der Waals surface area contributed by atoms with E-state index in [9.17, 15) is 9.59 Å². The molecule has 0 aliphatic carbocycles. The van der Waals surface area contributed by atoms with E-state index in [1.165, 1.54) is 476 Å². The van der Waals surface area contributed by atoms with E-state index in [1.54, 1.807) is 0 Å². The summed E-state index contributed by atoms with van der Waals surface area (Å²) in [7, 11) is 0. The molecular weight excluding hydrogens is 1650 g/mol. The number of carbonyl (C=O) groups excluding carboxylic acids is 2. The first kappa shape index (κ1) is 123. The lowest BCUT2D eigenvalue weighted by Crippen LogP contribution is -2.06. The molecule has 0 heterocycles. The highest BCUT2D eigenvalue weighted by Crippen LogP contribution is 2.39. The number of unbranched alkanes of at least 4 members (excludes halogenated alkanes) is 78. The molecule has 0 saturated heterocycles. The maximum atomic E-state index is 12.7. The van der Waals surface area contributed by atoms with E-state index in [4.69, 9.17) is 37.9 Å². The summed E-state index contributed by atoms with van der Waals surface area (Å²) in [5.41, 5.74) is 5.31. The van der Waals surface area contributed by atoms with Crippen LogP contribution < -0.4 is 28.4 Å². The predicted octanol–water partition coefficient (Wildman–Crippen LogP) is 41.3. The zero-order valence-corrected chi connectivity index (χ0v) is 89.9. The van der Waals surface area contributed by atoms with E-state index in [-0.39, 0.29) is 25.2 Å². The van der Waals surface area contributed by atoms with E-state index in [0.717, 1.165) is 145 Å². The molecule has 0 aromatic heterocycles. The van der Waals surface area contributed by atoms with E-state index in [0.29, 0.717) is 39.6 Å². The molecule has 3 aromatic carbocycles. The number of hydrogen-bond acceptors (Lipinski definition) is 10. The summed E-state index contributed by atoms with van der Waals surface area (Å²) in [5, 5.41) is 0. The summed E-state index contributed by atoms with van der Waals surface area (Å²) in [4.78, 5) is 25.3. The van der Waals surface area contributed by atoms with Crippen LogP contribution in [0.5, 0.6) is 34.5 Å². The number of carbonyl (C=O) groups is 2. The third kappa shape index (κ3) is 74.0. The molecule has 0 unspecified atom stereocenters. The fourth-order valence-corrected chi connectivity index (χ4v) is 18.9. The van der Waals surface area contributed by atoms with Crippen molar-refractivity contribution in [2.24, 2.45) is 0 Å². The molecule has 0 radical (unpaired) electrons. The van der Waals surface area contributed by atoms with Gasteiger partial charge in [0.1, 0.15) is 47.7 Å². The van der Waals surface area contributed by atoms with Crippen LogP contribution in [0.2, 0.25) is 0 Å². The number of hydrogen-bond donors (Lipinski definition) is 0. The van der Waals surface area contributed by atoms with Gasteiger partial charge in [0.05, 0.1) is 39.6 Å². The second kappa shape index (κ2) is 95.4. The highest BCUT2D eigenvalue weighted by molar-refractivity contribution is 5.81. The van der Waals surface area contributed by atoms with Crippen molar-refractivity contribution in [3.8, 4) is 34.5 Å². The monoisotopic (exact) mass is 1870 g/mol. The summed E-state index contributed by atoms with van der Waals surface area (Å²) in [6.45, 7) is 20.5. The zero-order valence-electron chi connectivity index (χ0n) is 89.9. The normalized spacial score (nSPS) is 11.6. The quantitative estimate of drug-likeness (QED) is 0.0308. The van der Waals surface area contributed by atoms with Crippen LogP contribution in [-0.4, -0.2) is 51.6 Å². The Morgan fingerprint density at radius 3 is 0.433 bits per heavy atom. The highest BCUT2D eigenvalue weighted by Gasteiger charge is 2.19. The SMILES string of the molecule is CCCCCCCCCCCCCCCCOc1cc(/C=C/c2cc(OCCCCCCCCCCCCCCCC)c(COC(C)=O)cc2OCCCCCCCCCCCCCCCC)c(OCCCCCCCCCCCCCCCC)cc1/C=C/c1cc(OCCCCCCCCCCCCCCCC)c(COC(C)=O)cc1OCCCCCCCCCCCCCCCC. The van der Waals surface area contributed by atoms with Crippen molar-refractivity contribution in [3.05, 3.63) is 69.8 Å². The molecule has 0 N–H and O–H groups in total. The van der Waals surface area contributed by atoms with Crippen molar-refractivity contribution in [3.63, 3.8) is 0 Å². The summed E-state index contributed by atoms with van der Waals surface area (Å²) in [5.74, 6) is 3.92. The summed E-state index contributed by atoms with van der Waals surface area (Å²) >= 11 is 0. The van der Waals surface area contributed by atoms with Crippen LogP contribution in [-0.2, 0) is 32.3 Å². The molecule has 0 atom stereocenters. The molecule has 0 saturated carbocycles. The lowest BCUT2D eigenvalue weighted by atomic mass is 10.0. The molecule has 774 valence electrons. The standard InChI is InChI=1S/C124H218O10/c1-9-15-21-27-33-39-45-51-57-63-69-75-81-87-97-127-119-103-114(94-96-116-106-124(132-102-92-86-80-74-68-62-56-50-44-38-32-26-20-14-6)118(110-134-112(8)126)108-122(116)130-100-90-84-78-72-66-60-54-48-42-36-30-24-18-12-4)120(128-98-88-82-76-70-64-58-52-46-40-34-28-22-16-10-2)104-113(119)93-95-115-105-123(131-101-91-85-79-73-67-61-55-49-43-37-31-25-19-13-5)117(109-133-111(7)125)107-121(115)129-99-89-83-77-71-65-59-53-47-41-35-29-23-17-11-3/h93-96,103-108H,9-92,97-102,109-110H2,1-8H3/b95-93+,96-94+. The van der Waals surface area contributed by atoms with Gasteiger partial charge in [-0.15, -0.1) is 0 Å². The van der Waals surface area contributed by atoms with Gasteiger partial charge >= 0.3 is 11.9 Å². The Hall–Kier alpha value is -5.12. The summed E-state index contributed by atoms with van der Waals surface area (Å²) < 4.78 is 53.5. The molecule has 134 heavy (non-hydrogen) atoms. The van der Waals surface area contributed by atoms with E-state index in [1.807, 2.05) is 0 Å². The Labute approximate surface area is 830 Å². The Bertz CT molecular complexity index is 2920. The molecule has 0 aliphatic heterocycles. The third-order valence-corrected chi connectivity index (χ3v) is 27.8. The van der Waals surface area contributed by atoms with Crippen LogP contribution in [0.3, 0.4) is 0 Å². The Kier molecular flexibility index (Phi) is 87.6. The van der Waals surface area contributed by atoms with Crippen molar-refractivity contribution in [1.29, 1.82) is 0 Å². The van der Waals surface area contributed by atoms with Gasteiger partial charge in [-0.05, 0) is 74.9 Å². The smallest absolute Gasteiger partial charge is 0.302 e. The van der Waals surface area contributed by atoms with Crippen molar-refractivity contribution >= 4 is 36.2 Å². The van der Waals surface area contributed by atoms with E-state index >= 15 is 0 Å². The minimum absolute atomic E-state index is 0.105. The Morgan fingerprint density at radius 2 is 0.291 bits per heavy atom. The predicted molar refractivity (Wildman–Crippen MR) is 583 cm³/mol. The topological polar surface area (TPSA) is 108 Å². The first-order valence-corrected chi connectivity index (χ1v) is 59.1. The van der Waals surface area contributed by atoms with Gasteiger partial charge in [0.25, 0.3) is 0 Å². The minimum Gasteiger partial charge on any atom is -0.493 e. The summed E-state index contributed by atoms with van der Waals surface area (Å²) in [6.07, 6.45) is 118. The average Bonchev–Trinajstić information content (AvgIpc) is 0.814. The fraction of sp³-hybridized carbons (Fsp3) is 0.806. The van der Waals surface area contributed by atoms with Crippen LogP contribution in [0.15, 0.2) is 36.4 Å². The first-order valence-electron chi connectivity index (χ1n) is 59.1. The largest absolute Gasteiger partial charge is 0.493 e. The molecule has 10 heteroatoms. The molecule has 10 nitrogen and oxygen atoms in total. The Morgan fingerprint density at radius 1 is 0.172 bits per heavy atom. The van der Waals surface area contributed by atoms with Gasteiger partial charge in [-0.25, -0.2) is 0 Å². The maximum absolute atomic E-state index is 12.7. The van der Waals surface area contributed by atoms with Crippen molar-refractivity contribution in [2.75, 3.05) is 39.6 Å². The minimum atomic E-state index is -0.318. The van der Waals surface area contributed by atoms with Crippen LogP contribution >= 0.6 is 0 Å². The van der Waals surface area contributed by atoms with Gasteiger partial charge in [0.2, 0.25) is 0 Å². The fourth-order valence-electron chi connectivity index (χ4n) is 18.9. The molecule has 0 fully saturated rings. The van der Waals surface area contributed by atoms with Gasteiger partial charge in [0.15, 0.2) is 0 Å². The summed E-state index contributed by atoms with van der Waals surface area (Å²) in [6, 6.07) is 12.9. The number of ether oxygens (including phenoxy) is 8. The third-order valence-electron chi connectivity index (χ3n) is 27.8. The van der Waals surface area contributed by atoms with E-state index < -0.39 is 0 Å². The van der Waals surface area contributed by atoms with Crippen molar-refractivity contribution < 1.29 is 47.5 Å². The highest BCUT2D eigenvalue weighted by atomic mass is 16.5. The molecule has 0 amide bonds. The molecule has 3 rings (SSSR count). The van der Waals surface area contributed by atoms with Gasteiger partial charge in [-0.2, -0.15) is 0 Å². The lowest BCUT2D eigenvalue weighted by Gasteiger charge is -2.18. The van der Waals surface area contributed by atoms with E-state index in [2.05, 4.69) is 102 Å². The Balaban J connectivity index is 2.20. The van der Waals surface area contributed by atoms with Crippen molar-refractivity contribution in [2.45, 2.75) is 608 Å². The second-order valence-corrected chi connectivity index (χ2v) is 40.8. The first-order chi connectivity index (χ1) is 66.2. The second-order valence-electron chi connectivity index (χ2n) is 40.8. The molecular formula is C124H218O10. The maximum Gasteiger partial charge on any atom is 0.302 e. The van der Waals surface area contributed by atoms with Crippen LogP contribution in [0, 0.1) is 0 Å². The number of esters is 2. The van der Waals surface area contributed by atoms with Gasteiger partial charge in [0, 0.05) is 47.2 Å². The van der Waals surface area contributed by atoms with Gasteiger partial charge in [-0.1, -0.05) is 567 Å². The number of rotatable bonds is 104. The van der Waals surface area contributed by atoms with Crippen molar-refractivity contribution in [1.82, 2.24) is 0 Å². The zero-order chi connectivity index (χ0) is 95.9. The molecule has 0 bridgehead atoms. The lowest BCUT2D eigenvalue weighted by molar-refractivity contribution is -0.143. The number of benzene rings is 3. The molecule has 0 spiro atoms. The van der Waals surface area contributed by atoms with Crippen LogP contribution in [0.1, 0.15) is 628 Å². The molecule has 0 aliphatic rings. The van der Waals surface area contributed by atoms with Gasteiger partial charge < -0.3 is 37.9 Å². The van der Waals surface area contributed by atoms with Gasteiger partial charge in [-0.3, -0.25) is 9.59 Å².